The molecule has 1 aliphatic rings. The first-order valence-corrected chi connectivity index (χ1v) is 6.38. The van der Waals surface area contributed by atoms with Crippen LogP contribution in [0.3, 0.4) is 0 Å². The number of rotatable bonds is 3. The van der Waals surface area contributed by atoms with Crippen molar-refractivity contribution in [2.24, 2.45) is 11.8 Å². The van der Waals surface area contributed by atoms with Crippen LogP contribution < -0.4 is 0 Å². The second-order valence-corrected chi connectivity index (χ2v) is 5.20. The van der Waals surface area contributed by atoms with E-state index in [9.17, 15) is 0 Å². The lowest BCUT2D eigenvalue weighted by molar-refractivity contribution is 0.138. The van der Waals surface area contributed by atoms with Crippen molar-refractivity contribution >= 4 is 0 Å². The van der Waals surface area contributed by atoms with E-state index < -0.39 is 0 Å². The molecule has 0 amide bonds. The third kappa shape index (κ3) is 3.05. The summed E-state index contributed by atoms with van der Waals surface area (Å²) in [5.74, 6) is 1.68. The van der Waals surface area contributed by atoms with Crippen molar-refractivity contribution in [3.05, 3.63) is 30.1 Å². The number of hydrogen-bond acceptors (Lipinski definition) is 2. The molecule has 2 heterocycles. The first-order valence-electron chi connectivity index (χ1n) is 6.38. The number of likely N-dealkylation sites (tertiary alicyclic amines) is 1. The van der Waals surface area contributed by atoms with Gasteiger partial charge in [0.15, 0.2) is 0 Å². The number of pyridine rings is 1. The molecule has 1 fully saturated rings. The fourth-order valence-corrected chi connectivity index (χ4v) is 2.50. The van der Waals surface area contributed by atoms with Crippen molar-refractivity contribution in [1.82, 2.24) is 9.88 Å². The first kappa shape index (κ1) is 11.6. The number of piperidine rings is 1. The van der Waals surface area contributed by atoms with E-state index in [0.29, 0.717) is 0 Å². The van der Waals surface area contributed by atoms with E-state index >= 15 is 0 Å². The van der Waals surface area contributed by atoms with Gasteiger partial charge in [-0.05, 0) is 43.4 Å². The molecule has 2 rings (SSSR count). The van der Waals surface area contributed by atoms with Crippen LogP contribution in [-0.4, -0.2) is 23.0 Å². The monoisotopic (exact) mass is 218 g/mol. The molecular weight excluding hydrogens is 196 g/mol. The van der Waals surface area contributed by atoms with Crippen molar-refractivity contribution in [3.63, 3.8) is 0 Å². The zero-order chi connectivity index (χ0) is 11.4. The van der Waals surface area contributed by atoms with Gasteiger partial charge in [-0.2, -0.15) is 0 Å². The summed E-state index contributed by atoms with van der Waals surface area (Å²) < 4.78 is 0. The van der Waals surface area contributed by atoms with E-state index in [1.807, 2.05) is 12.3 Å². The minimum Gasteiger partial charge on any atom is -0.297 e. The van der Waals surface area contributed by atoms with Gasteiger partial charge in [0.05, 0.1) is 5.69 Å². The number of aromatic nitrogens is 1. The van der Waals surface area contributed by atoms with Crippen molar-refractivity contribution in [3.8, 4) is 0 Å². The molecule has 1 saturated heterocycles. The summed E-state index contributed by atoms with van der Waals surface area (Å²) in [4.78, 5) is 6.95. The molecule has 0 N–H and O–H groups in total. The summed E-state index contributed by atoms with van der Waals surface area (Å²) in [5, 5.41) is 0. The molecule has 1 aromatic rings. The molecule has 2 heteroatoms. The molecule has 2 nitrogen and oxygen atoms in total. The van der Waals surface area contributed by atoms with Gasteiger partial charge in [-0.15, -0.1) is 0 Å². The van der Waals surface area contributed by atoms with Crippen LogP contribution in [0.4, 0.5) is 0 Å². The molecule has 0 spiro atoms. The van der Waals surface area contributed by atoms with Gasteiger partial charge in [-0.25, -0.2) is 0 Å². The summed E-state index contributed by atoms with van der Waals surface area (Å²) in [5.41, 5.74) is 1.20. The Hall–Kier alpha value is -0.890. The summed E-state index contributed by atoms with van der Waals surface area (Å²) in [6, 6.07) is 6.18. The zero-order valence-electron chi connectivity index (χ0n) is 10.4. The Morgan fingerprint density at radius 1 is 1.44 bits per heavy atom. The van der Waals surface area contributed by atoms with Gasteiger partial charge in [0.2, 0.25) is 0 Å². The molecular formula is C14H22N2. The molecule has 88 valence electrons. The van der Waals surface area contributed by atoms with Crippen LogP contribution in [0, 0.1) is 11.8 Å². The summed E-state index contributed by atoms with van der Waals surface area (Å²) in [6.45, 7) is 8.18. The van der Waals surface area contributed by atoms with Crippen LogP contribution in [0.25, 0.3) is 0 Å². The minimum atomic E-state index is 0.812. The van der Waals surface area contributed by atoms with Gasteiger partial charge in [-0.1, -0.05) is 19.9 Å². The smallest absolute Gasteiger partial charge is 0.0543 e. The van der Waals surface area contributed by atoms with Crippen molar-refractivity contribution in [2.45, 2.75) is 33.2 Å². The Bertz CT molecular complexity index is 308. The van der Waals surface area contributed by atoms with Crippen LogP contribution >= 0.6 is 0 Å². The second-order valence-electron chi connectivity index (χ2n) is 5.20. The van der Waals surface area contributed by atoms with Crippen LogP contribution in [-0.2, 0) is 6.54 Å². The third-order valence-corrected chi connectivity index (χ3v) is 3.60. The summed E-state index contributed by atoms with van der Waals surface area (Å²) in [7, 11) is 0. The lowest BCUT2D eigenvalue weighted by atomic mass is 9.88. The van der Waals surface area contributed by atoms with Gasteiger partial charge < -0.3 is 0 Å². The Morgan fingerprint density at radius 2 is 2.31 bits per heavy atom. The molecule has 0 bridgehead atoms. The van der Waals surface area contributed by atoms with Gasteiger partial charge >= 0.3 is 0 Å². The summed E-state index contributed by atoms with van der Waals surface area (Å²) in [6.07, 6.45) is 4.63. The highest BCUT2D eigenvalue weighted by Crippen LogP contribution is 2.24. The minimum absolute atomic E-state index is 0.812. The quantitative estimate of drug-likeness (QED) is 0.775. The molecule has 1 atom stereocenters. The number of hydrogen-bond donors (Lipinski definition) is 0. The van der Waals surface area contributed by atoms with Gasteiger partial charge in [0.1, 0.15) is 0 Å². The zero-order valence-corrected chi connectivity index (χ0v) is 10.4. The van der Waals surface area contributed by atoms with Crippen LogP contribution in [0.5, 0.6) is 0 Å². The van der Waals surface area contributed by atoms with Gasteiger partial charge in [-0.3, -0.25) is 9.88 Å². The van der Waals surface area contributed by atoms with Crippen LogP contribution in [0.2, 0.25) is 0 Å². The van der Waals surface area contributed by atoms with Gasteiger partial charge in [0, 0.05) is 19.3 Å². The predicted molar refractivity (Wildman–Crippen MR) is 67.1 cm³/mol. The Labute approximate surface area is 98.7 Å². The topological polar surface area (TPSA) is 16.1 Å². The Kier molecular flexibility index (Phi) is 3.94. The van der Waals surface area contributed by atoms with Crippen molar-refractivity contribution < 1.29 is 0 Å². The predicted octanol–water partition coefficient (Wildman–Crippen LogP) is 2.95. The average molecular weight is 218 g/mol. The maximum Gasteiger partial charge on any atom is 0.0543 e. The highest BCUT2D eigenvalue weighted by molar-refractivity contribution is 5.03. The highest BCUT2D eigenvalue weighted by Gasteiger charge is 2.22. The molecule has 0 saturated carbocycles. The number of nitrogens with zero attached hydrogens (tertiary/aromatic N) is 2. The molecule has 1 aromatic heterocycles. The maximum absolute atomic E-state index is 4.40. The van der Waals surface area contributed by atoms with E-state index in [1.54, 1.807) is 0 Å². The molecule has 0 unspecified atom stereocenters. The van der Waals surface area contributed by atoms with E-state index in [0.717, 1.165) is 18.4 Å². The van der Waals surface area contributed by atoms with Crippen molar-refractivity contribution in [1.29, 1.82) is 0 Å². The standard InChI is InChI=1S/C14H22N2/c1-12(2)13-6-5-9-16(10-13)11-14-7-3-4-8-15-14/h3-4,7-8,12-13H,5-6,9-11H2,1-2H3/t13-/m0/s1. The maximum atomic E-state index is 4.40. The van der Waals surface area contributed by atoms with Gasteiger partial charge in [0.25, 0.3) is 0 Å². The lowest BCUT2D eigenvalue weighted by Gasteiger charge is -2.34. The van der Waals surface area contributed by atoms with Crippen molar-refractivity contribution in [2.75, 3.05) is 13.1 Å². The second kappa shape index (κ2) is 5.44. The Morgan fingerprint density at radius 3 is 3.00 bits per heavy atom. The third-order valence-electron chi connectivity index (χ3n) is 3.60. The molecule has 1 aliphatic heterocycles. The lowest BCUT2D eigenvalue weighted by Crippen LogP contribution is -2.37. The van der Waals surface area contributed by atoms with E-state index in [-0.39, 0.29) is 0 Å². The Balaban J connectivity index is 1.90. The highest BCUT2D eigenvalue weighted by atomic mass is 15.1. The SMILES string of the molecule is CC(C)[C@H]1CCCN(Cc2ccccn2)C1. The van der Waals surface area contributed by atoms with Crippen LogP contribution in [0.1, 0.15) is 32.4 Å². The molecule has 0 aliphatic carbocycles. The normalized spacial score (nSPS) is 22.6. The largest absolute Gasteiger partial charge is 0.297 e. The van der Waals surface area contributed by atoms with E-state index in [4.69, 9.17) is 0 Å². The fraction of sp³-hybridized carbons (Fsp3) is 0.643. The molecule has 0 aromatic carbocycles. The molecule has 0 radical (unpaired) electrons. The van der Waals surface area contributed by atoms with Crippen LogP contribution in [0.15, 0.2) is 24.4 Å². The summed E-state index contributed by atoms with van der Waals surface area (Å²) >= 11 is 0. The first-order chi connectivity index (χ1) is 7.75. The fourth-order valence-electron chi connectivity index (χ4n) is 2.50. The van der Waals surface area contributed by atoms with E-state index in [1.165, 1.54) is 31.6 Å². The van der Waals surface area contributed by atoms with E-state index in [2.05, 4.69) is 35.9 Å². The molecule has 16 heavy (non-hydrogen) atoms. The average Bonchev–Trinajstić information content (AvgIpc) is 2.30.